The Morgan fingerprint density at radius 2 is 2.21 bits per heavy atom. The molecule has 0 saturated carbocycles. The molecule has 4 nitrogen and oxygen atoms in total. The number of halogens is 1. The van der Waals surface area contributed by atoms with Crippen LogP contribution in [0, 0.1) is 0 Å². The predicted octanol–water partition coefficient (Wildman–Crippen LogP) is 1.56. The maximum Gasteiger partial charge on any atom is 0.135 e. The van der Waals surface area contributed by atoms with Crippen molar-refractivity contribution >= 4 is 11.0 Å². The van der Waals surface area contributed by atoms with E-state index < -0.39 is 18.3 Å². The lowest BCUT2D eigenvalue weighted by Gasteiger charge is -2.33. The molecule has 0 aliphatic heterocycles. The van der Waals surface area contributed by atoms with Crippen LogP contribution in [0.5, 0.6) is 0 Å². The molecule has 0 aliphatic carbocycles. The Kier molecular flexibility index (Phi) is 4.19. The summed E-state index contributed by atoms with van der Waals surface area (Å²) >= 11 is 0. The number of alkyl halides is 1. The number of hydrogen-bond acceptors (Lipinski definition) is 4. The monoisotopic (exact) mass is 267 g/mol. The first kappa shape index (κ1) is 14.0. The molecule has 0 spiro atoms. The number of hydrogen-bond donors (Lipinski definition) is 3. The summed E-state index contributed by atoms with van der Waals surface area (Å²) in [4.78, 5) is 0. The fourth-order valence-corrected chi connectivity index (χ4v) is 2.24. The molecule has 0 aliphatic rings. The normalized spacial score (nSPS) is 16.4. The third-order valence-electron chi connectivity index (χ3n) is 3.37. The highest BCUT2D eigenvalue weighted by atomic mass is 19.1. The van der Waals surface area contributed by atoms with Crippen molar-refractivity contribution in [2.24, 2.45) is 0 Å². The molecule has 2 atom stereocenters. The Bertz CT molecular complexity index is 542. The molecular weight excluding hydrogens is 249 g/mol. The van der Waals surface area contributed by atoms with E-state index in [0.29, 0.717) is 17.7 Å². The number of rotatable bonds is 6. The van der Waals surface area contributed by atoms with E-state index in [1.807, 2.05) is 6.92 Å². The largest absolute Gasteiger partial charge is 0.464 e. The first-order valence-electron chi connectivity index (χ1n) is 6.26. The average Bonchev–Trinajstić information content (AvgIpc) is 2.91. The van der Waals surface area contributed by atoms with E-state index in [0.717, 1.165) is 5.39 Å². The minimum absolute atomic E-state index is 0.350. The molecular formula is C14H18FNO3. The van der Waals surface area contributed by atoms with Gasteiger partial charge < -0.3 is 19.9 Å². The van der Waals surface area contributed by atoms with Crippen molar-refractivity contribution < 1.29 is 19.0 Å². The summed E-state index contributed by atoms with van der Waals surface area (Å²) in [5, 5.41) is 23.6. The van der Waals surface area contributed by atoms with E-state index in [-0.39, 0.29) is 6.61 Å². The third kappa shape index (κ3) is 2.49. The molecule has 5 heteroatoms. The standard InChI is InChI=1S/C14H18FNO3/c1-2-16-13(8-17)14(18,9-15)11-3-4-12-10(7-11)5-6-19-12/h3-7,13,16-18H,2,8-9H2,1H3. The summed E-state index contributed by atoms with van der Waals surface area (Å²) < 4.78 is 18.6. The topological polar surface area (TPSA) is 65.6 Å². The Balaban J connectivity index is 2.43. The summed E-state index contributed by atoms with van der Waals surface area (Å²) in [6, 6.07) is 5.97. The zero-order valence-electron chi connectivity index (χ0n) is 10.8. The fraction of sp³-hybridized carbons (Fsp3) is 0.429. The van der Waals surface area contributed by atoms with Gasteiger partial charge in [0.2, 0.25) is 0 Å². The van der Waals surface area contributed by atoms with Gasteiger partial charge in [0.05, 0.1) is 18.9 Å². The number of likely N-dealkylation sites (N-methyl/N-ethyl adjacent to an activating group) is 1. The van der Waals surface area contributed by atoms with Crippen LogP contribution in [0.15, 0.2) is 34.9 Å². The van der Waals surface area contributed by atoms with Crippen LogP contribution >= 0.6 is 0 Å². The van der Waals surface area contributed by atoms with Crippen LogP contribution in [0.3, 0.4) is 0 Å². The highest BCUT2D eigenvalue weighted by Crippen LogP contribution is 2.29. The SMILES string of the molecule is CCNC(CO)C(O)(CF)c1ccc2occc2c1. The summed E-state index contributed by atoms with van der Waals surface area (Å²) in [5.41, 5.74) is -0.659. The number of fused-ring (bicyclic) bond motifs is 1. The van der Waals surface area contributed by atoms with Gasteiger partial charge in [0, 0.05) is 5.39 Å². The maximum atomic E-state index is 13.4. The molecule has 3 N–H and O–H groups in total. The van der Waals surface area contributed by atoms with Gasteiger partial charge in [-0.1, -0.05) is 13.0 Å². The number of benzene rings is 1. The van der Waals surface area contributed by atoms with Crippen molar-refractivity contribution in [3.05, 3.63) is 36.1 Å². The summed E-state index contributed by atoms with van der Waals surface area (Å²) in [5.74, 6) is 0. The van der Waals surface area contributed by atoms with Crippen LogP contribution in [-0.4, -0.2) is 36.1 Å². The van der Waals surface area contributed by atoms with Crippen LogP contribution in [0.4, 0.5) is 4.39 Å². The molecule has 2 rings (SSSR count). The molecule has 0 radical (unpaired) electrons. The molecule has 104 valence electrons. The van der Waals surface area contributed by atoms with Crippen LogP contribution in [0.25, 0.3) is 11.0 Å². The minimum atomic E-state index is -1.75. The van der Waals surface area contributed by atoms with Gasteiger partial charge in [-0.05, 0) is 30.3 Å². The van der Waals surface area contributed by atoms with Crippen LogP contribution in [-0.2, 0) is 5.60 Å². The van der Waals surface area contributed by atoms with Gasteiger partial charge in [0.1, 0.15) is 17.9 Å². The molecule has 2 unspecified atom stereocenters. The van der Waals surface area contributed by atoms with Crippen LogP contribution in [0.1, 0.15) is 12.5 Å². The number of aliphatic hydroxyl groups excluding tert-OH is 1. The Hall–Kier alpha value is -1.43. The second kappa shape index (κ2) is 5.69. The second-order valence-corrected chi connectivity index (χ2v) is 4.52. The van der Waals surface area contributed by atoms with Crippen LogP contribution in [0.2, 0.25) is 0 Å². The quantitative estimate of drug-likeness (QED) is 0.743. The van der Waals surface area contributed by atoms with Crippen molar-refractivity contribution in [1.82, 2.24) is 5.32 Å². The summed E-state index contributed by atoms with van der Waals surface area (Å²) in [6.07, 6.45) is 1.54. The zero-order valence-corrected chi connectivity index (χ0v) is 10.8. The zero-order chi connectivity index (χ0) is 13.9. The van der Waals surface area contributed by atoms with E-state index in [9.17, 15) is 14.6 Å². The first-order chi connectivity index (χ1) is 9.15. The molecule has 0 saturated heterocycles. The van der Waals surface area contributed by atoms with E-state index in [1.54, 1.807) is 24.3 Å². The number of nitrogens with one attached hydrogen (secondary N) is 1. The summed E-state index contributed by atoms with van der Waals surface area (Å²) in [6.45, 7) is 1.04. The van der Waals surface area contributed by atoms with Crippen LogP contribution < -0.4 is 5.32 Å². The van der Waals surface area contributed by atoms with Gasteiger partial charge in [-0.3, -0.25) is 0 Å². The average molecular weight is 267 g/mol. The molecule has 1 aromatic carbocycles. The first-order valence-corrected chi connectivity index (χ1v) is 6.26. The highest BCUT2D eigenvalue weighted by molar-refractivity contribution is 5.78. The highest BCUT2D eigenvalue weighted by Gasteiger charge is 2.38. The van der Waals surface area contributed by atoms with Crippen molar-refractivity contribution in [2.45, 2.75) is 18.6 Å². The van der Waals surface area contributed by atoms with E-state index in [1.165, 1.54) is 6.26 Å². The molecule has 1 aromatic heterocycles. The van der Waals surface area contributed by atoms with E-state index >= 15 is 0 Å². The molecule has 0 bridgehead atoms. The Morgan fingerprint density at radius 3 is 2.84 bits per heavy atom. The predicted molar refractivity (Wildman–Crippen MR) is 70.6 cm³/mol. The van der Waals surface area contributed by atoms with Gasteiger partial charge in [0.15, 0.2) is 0 Å². The molecule has 19 heavy (non-hydrogen) atoms. The van der Waals surface area contributed by atoms with E-state index in [2.05, 4.69) is 5.32 Å². The molecule has 0 fully saturated rings. The Morgan fingerprint density at radius 1 is 1.42 bits per heavy atom. The minimum Gasteiger partial charge on any atom is -0.464 e. The van der Waals surface area contributed by atoms with Gasteiger partial charge in [-0.25, -0.2) is 4.39 Å². The summed E-state index contributed by atoms with van der Waals surface area (Å²) in [7, 11) is 0. The van der Waals surface area contributed by atoms with E-state index in [4.69, 9.17) is 4.42 Å². The number of furan rings is 1. The fourth-order valence-electron chi connectivity index (χ4n) is 2.24. The second-order valence-electron chi connectivity index (χ2n) is 4.52. The van der Waals surface area contributed by atoms with Gasteiger partial charge >= 0.3 is 0 Å². The van der Waals surface area contributed by atoms with Gasteiger partial charge in [-0.15, -0.1) is 0 Å². The lowest BCUT2D eigenvalue weighted by Crippen LogP contribution is -2.52. The Labute approximate surface area is 110 Å². The van der Waals surface area contributed by atoms with Crippen molar-refractivity contribution in [3.8, 4) is 0 Å². The lowest BCUT2D eigenvalue weighted by molar-refractivity contribution is -0.0403. The van der Waals surface area contributed by atoms with Crippen molar-refractivity contribution in [1.29, 1.82) is 0 Å². The molecule has 0 amide bonds. The van der Waals surface area contributed by atoms with Crippen molar-refractivity contribution in [2.75, 3.05) is 19.8 Å². The van der Waals surface area contributed by atoms with Gasteiger partial charge in [-0.2, -0.15) is 0 Å². The van der Waals surface area contributed by atoms with Crippen molar-refractivity contribution in [3.63, 3.8) is 0 Å². The third-order valence-corrected chi connectivity index (χ3v) is 3.37. The molecule has 1 heterocycles. The number of aliphatic hydroxyl groups is 2. The van der Waals surface area contributed by atoms with Gasteiger partial charge in [0.25, 0.3) is 0 Å². The smallest absolute Gasteiger partial charge is 0.135 e. The maximum absolute atomic E-state index is 13.4. The lowest BCUT2D eigenvalue weighted by atomic mass is 9.87. The molecule has 2 aromatic rings.